The lowest BCUT2D eigenvalue weighted by molar-refractivity contribution is 0.369. The van der Waals surface area contributed by atoms with Gasteiger partial charge in [0.1, 0.15) is 0 Å². The Morgan fingerprint density at radius 1 is 1.38 bits per heavy atom. The van der Waals surface area contributed by atoms with Crippen molar-refractivity contribution < 1.29 is 4.52 Å². The topological polar surface area (TPSA) is 89.3 Å². The van der Waals surface area contributed by atoms with Crippen LogP contribution >= 0.6 is 24.0 Å². The Kier molecular flexibility index (Phi) is 8.73. The molecule has 3 N–H and O–H groups in total. The molecule has 6 nitrogen and oxygen atoms in total. The van der Waals surface area contributed by atoms with E-state index in [0.29, 0.717) is 24.8 Å². The third-order valence-corrected chi connectivity index (χ3v) is 3.44. The van der Waals surface area contributed by atoms with Crippen LogP contribution in [0, 0.1) is 0 Å². The number of nitrogens with one attached hydrogen (secondary N) is 1. The first-order valence-corrected chi connectivity index (χ1v) is 8.06. The molecule has 0 atom stereocenters. The van der Waals surface area contributed by atoms with E-state index in [1.54, 1.807) is 0 Å². The summed E-state index contributed by atoms with van der Waals surface area (Å²) in [6.07, 6.45) is 2.52. The van der Waals surface area contributed by atoms with E-state index in [4.69, 9.17) is 10.3 Å². The van der Waals surface area contributed by atoms with Crippen molar-refractivity contribution in [2.45, 2.75) is 46.0 Å². The highest BCUT2D eigenvalue weighted by Gasteiger charge is 2.08. The van der Waals surface area contributed by atoms with Gasteiger partial charge >= 0.3 is 0 Å². The van der Waals surface area contributed by atoms with Crippen LogP contribution in [0.4, 0.5) is 5.69 Å². The fourth-order valence-corrected chi connectivity index (χ4v) is 2.09. The predicted octanol–water partition coefficient (Wildman–Crippen LogP) is 3.73. The number of aryl methyl sites for hydroxylation is 2. The summed E-state index contributed by atoms with van der Waals surface area (Å²) in [5.74, 6) is 2.11. The van der Waals surface area contributed by atoms with Gasteiger partial charge in [0.15, 0.2) is 11.8 Å². The summed E-state index contributed by atoms with van der Waals surface area (Å²) in [5.41, 5.74) is 8.13. The first kappa shape index (κ1) is 20.4. The minimum Gasteiger partial charge on any atom is -0.370 e. The molecule has 0 bridgehead atoms. The average molecular weight is 443 g/mol. The molecule has 0 amide bonds. The summed E-state index contributed by atoms with van der Waals surface area (Å²) in [6.45, 7) is 6.82. The maximum absolute atomic E-state index is 5.91. The molecule has 1 aromatic heterocycles. The number of nitrogens with two attached hydrogens (primary N) is 1. The Labute approximate surface area is 160 Å². The molecule has 0 fully saturated rings. The normalized spacial score (nSPS) is 11.4. The van der Waals surface area contributed by atoms with Gasteiger partial charge in [-0.3, -0.25) is 4.99 Å². The molecule has 7 heteroatoms. The maximum Gasteiger partial charge on any atom is 0.226 e. The van der Waals surface area contributed by atoms with Gasteiger partial charge in [0.25, 0.3) is 0 Å². The van der Waals surface area contributed by atoms with Crippen LogP contribution in [0.2, 0.25) is 0 Å². The number of benzene rings is 1. The van der Waals surface area contributed by atoms with E-state index in [1.165, 1.54) is 5.56 Å². The first-order chi connectivity index (χ1) is 11.1. The van der Waals surface area contributed by atoms with E-state index in [-0.39, 0.29) is 29.9 Å². The van der Waals surface area contributed by atoms with Gasteiger partial charge in [-0.2, -0.15) is 4.98 Å². The Morgan fingerprint density at radius 2 is 2.17 bits per heavy atom. The molecular weight excluding hydrogens is 417 g/mol. The summed E-state index contributed by atoms with van der Waals surface area (Å²) in [5, 5.41) is 7.05. The van der Waals surface area contributed by atoms with Crippen molar-refractivity contribution in [3.8, 4) is 0 Å². The second-order valence-corrected chi connectivity index (χ2v) is 5.75. The minimum atomic E-state index is 0. The fourth-order valence-electron chi connectivity index (χ4n) is 2.09. The number of nitrogens with zero attached hydrogens (tertiary/aromatic N) is 3. The molecule has 1 aromatic carbocycles. The Morgan fingerprint density at radius 3 is 2.83 bits per heavy atom. The third-order valence-electron chi connectivity index (χ3n) is 3.44. The lowest BCUT2D eigenvalue weighted by Gasteiger charge is -2.06. The summed E-state index contributed by atoms with van der Waals surface area (Å²) >= 11 is 0. The van der Waals surface area contributed by atoms with Gasteiger partial charge in [-0.05, 0) is 30.5 Å². The van der Waals surface area contributed by atoms with Crippen molar-refractivity contribution in [2.75, 3.05) is 11.9 Å². The molecule has 2 aromatic rings. The Hall–Kier alpha value is -1.64. The number of anilines is 1. The maximum atomic E-state index is 5.91. The molecule has 0 saturated carbocycles. The van der Waals surface area contributed by atoms with Crippen LogP contribution in [-0.4, -0.2) is 22.6 Å². The van der Waals surface area contributed by atoms with Crippen LogP contribution in [0.5, 0.6) is 0 Å². The first-order valence-electron chi connectivity index (χ1n) is 8.06. The molecule has 2 rings (SSSR count). The number of hydrogen-bond acceptors (Lipinski definition) is 4. The molecule has 132 valence electrons. The SMILES string of the molecule is CCc1cccc(NC(N)=NCCCc2nc(C(C)C)no2)c1.I. The molecule has 0 saturated heterocycles. The van der Waals surface area contributed by atoms with Crippen molar-refractivity contribution >= 4 is 35.6 Å². The third kappa shape index (κ3) is 6.46. The van der Waals surface area contributed by atoms with E-state index in [1.807, 2.05) is 26.0 Å². The summed E-state index contributed by atoms with van der Waals surface area (Å²) in [4.78, 5) is 8.67. The number of aromatic nitrogens is 2. The second kappa shape index (κ2) is 10.3. The zero-order chi connectivity index (χ0) is 16.7. The highest BCUT2D eigenvalue weighted by molar-refractivity contribution is 14.0. The summed E-state index contributed by atoms with van der Waals surface area (Å²) in [7, 11) is 0. The van der Waals surface area contributed by atoms with E-state index < -0.39 is 0 Å². The van der Waals surface area contributed by atoms with E-state index >= 15 is 0 Å². The molecule has 0 aliphatic heterocycles. The van der Waals surface area contributed by atoms with Crippen molar-refractivity contribution in [1.29, 1.82) is 0 Å². The van der Waals surface area contributed by atoms with Gasteiger partial charge in [0.2, 0.25) is 5.89 Å². The van der Waals surface area contributed by atoms with Gasteiger partial charge in [-0.15, -0.1) is 24.0 Å². The predicted molar refractivity (Wildman–Crippen MR) is 108 cm³/mol. The molecule has 24 heavy (non-hydrogen) atoms. The molecule has 0 spiro atoms. The zero-order valence-electron chi connectivity index (χ0n) is 14.5. The number of aliphatic imine (C=N–C) groups is 1. The van der Waals surface area contributed by atoms with Gasteiger partial charge in [-0.1, -0.05) is 38.1 Å². The number of rotatable bonds is 7. The minimum absolute atomic E-state index is 0. The van der Waals surface area contributed by atoms with Crippen LogP contribution in [-0.2, 0) is 12.8 Å². The van der Waals surface area contributed by atoms with Crippen molar-refractivity contribution in [1.82, 2.24) is 10.1 Å². The molecular formula is C17H26IN5O. The van der Waals surface area contributed by atoms with Gasteiger partial charge in [0, 0.05) is 24.6 Å². The number of halogens is 1. The van der Waals surface area contributed by atoms with Gasteiger partial charge < -0.3 is 15.6 Å². The zero-order valence-corrected chi connectivity index (χ0v) is 16.8. The Balaban J connectivity index is 0.00000288. The summed E-state index contributed by atoms with van der Waals surface area (Å²) < 4.78 is 5.20. The Bertz CT molecular complexity index is 654. The molecule has 0 aliphatic carbocycles. The van der Waals surface area contributed by atoms with Crippen LogP contribution in [0.25, 0.3) is 0 Å². The number of hydrogen-bond donors (Lipinski definition) is 2. The largest absolute Gasteiger partial charge is 0.370 e. The lowest BCUT2D eigenvalue weighted by Crippen LogP contribution is -2.23. The van der Waals surface area contributed by atoms with E-state index in [0.717, 1.165) is 24.4 Å². The summed E-state index contributed by atoms with van der Waals surface area (Å²) in [6, 6.07) is 8.16. The number of guanidine groups is 1. The van der Waals surface area contributed by atoms with Crippen LogP contribution in [0.3, 0.4) is 0 Å². The van der Waals surface area contributed by atoms with Crippen molar-refractivity contribution in [3.05, 3.63) is 41.5 Å². The van der Waals surface area contributed by atoms with Gasteiger partial charge in [-0.25, -0.2) is 0 Å². The molecule has 0 radical (unpaired) electrons. The van der Waals surface area contributed by atoms with Crippen LogP contribution in [0.1, 0.15) is 50.4 Å². The molecule has 0 aliphatic rings. The van der Waals surface area contributed by atoms with Crippen molar-refractivity contribution in [2.24, 2.45) is 10.7 Å². The van der Waals surface area contributed by atoms with Crippen molar-refractivity contribution in [3.63, 3.8) is 0 Å². The van der Waals surface area contributed by atoms with Crippen LogP contribution in [0.15, 0.2) is 33.8 Å². The standard InChI is InChI=1S/C17H25N5O.HI/c1-4-13-7-5-8-14(11-13)20-17(18)19-10-6-9-15-21-16(12(2)3)22-23-15;/h5,7-8,11-12H,4,6,9-10H2,1-3H3,(H3,18,19,20);1H. The highest BCUT2D eigenvalue weighted by Crippen LogP contribution is 2.11. The van der Waals surface area contributed by atoms with E-state index in [2.05, 4.69) is 39.5 Å². The fraction of sp³-hybridized carbons (Fsp3) is 0.471. The van der Waals surface area contributed by atoms with Gasteiger partial charge in [0.05, 0.1) is 0 Å². The molecule has 1 heterocycles. The average Bonchev–Trinajstić information content (AvgIpc) is 3.01. The second-order valence-electron chi connectivity index (χ2n) is 5.75. The van der Waals surface area contributed by atoms with Crippen LogP contribution < -0.4 is 11.1 Å². The quantitative estimate of drug-likeness (QED) is 0.295. The highest BCUT2D eigenvalue weighted by atomic mass is 127. The molecule has 0 unspecified atom stereocenters. The lowest BCUT2D eigenvalue weighted by atomic mass is 10.1. The van der Waals surface area contributed by atoms with E-state index in [9.17, 15) is 0 Å². The monoisotopic (exact) mass is 443 g/mol. The smallest absolute Gasteiger partial charge is 0.226 e.